The van der Waals surface area contributed by atoms with Gasteiger partial charge in [-0.2, -0.15) is 0 Å². The van der Waals surface area contributed by atoms with Gasteiger partial charge >= 0.3 is 0 Å². The maximum atomic E-state index is 5.84. The van der Waals surface area contributed by atoms with E-state index in [1.54, 1.807) is 0 Å². The van der Waals surface area contributed by atoms with Crippen molar-refractivity contribution in [2.45, 2.75) is 43.7 Å². The summed E-state index contributed by atoms with van der Waals surface area (Å²) in [6.07, 6.45) is 4.51. The van der Waals surface area contributed by atoms with E-state index < -0.39 is 0 Å². The first kappa shape index (κ1) is 15.5. The molecule has 0 aliphatic carbocycles. The number of thioether (sulfide) groups is 1. The Kier molecular flexibility index (Phi) is 5.99. The predicted octanol–water partition coefficient (Wildman–Crippen LogP) is 4.58. The van der Waals surface area contributed by atoms with Gasteiger partial charge in [-0.1, -0.05) is 32.1 Å². The van der Waals surface area contributed by atoms with E-state index in [1.807, 2.05) is 17.8 Å². The maximum Gasteiger partial charge on any atom is 0.0617 e. The van der Waals surface area contributed by atoms with Gasteiger partial charge in [0, 0.05) is 29.0 Å². The van der Waals surface area contributed by atoms with Crippen LogP contribution in [0.2, 0.25) is 0 Å². The molecule has 110 valence electrons. The highest BCUT2D eigenvalue weighted by Gasteiger charge is 2.25. The van der Waals surface area contributed by atoms with Crippen LogP contribution in [0.15, 0.2) is 41.8 Å². The van der Waals surface area contributed by atoms with E-state index in [0.29, 0.717) is 18.1 Å². The Morgan fingerprint density at radius 2 is 2.25 bits per heavy atom. The minimum atomic E-state index is 0.384. The van der Waals surface area contributed by atoms with E-state index in [4.69, 9.17) is 4.74 Å². The molecule has 1 aliphatic rings. The summed E-state index contributed by atoms with van der Waals surface area (Å²) >= 11 is 1.83. The summed E-state index contributed by atoms with van der Waals surface area (Å²) in [6.45, 7) is 9.13. The summed E-state index contributed by atoms with van der Waals surface area (Å²) in [7, 11) is 0. The Balaban J connectivity index is 2.00. The number of ether oxygens (including phenoxy) is 1. The lowest BCUT2D eigenvalue weighted by atomic mass is 9.95. The molecule has 1 saturated heterocycles. The predicted molar refractivity (Wildman–Crippen MR) is 88.6 cm³/mol. The molecule has 1 heterocycles. The van der Waals surface area contributed by atoms with Gasteiger partial charge in [-0.3, -0.25) is 0 Å². The lowest BCUT2D eigenvalue weighted by molar-refractivity contribution is -0.0161. The molecule has 1 aromatic rings. The molecule has 2 rings (SSSR count). The van der Waals surface area contributed by atoms with E-state index >= 15 is 0 Å². The van der Waals surface area contributed by atoms with Crippen molar-refractivity contribution in [2.24, 2.45) is 5.92 Å². The van der Waals surface area contributed by atoms with Crippen LogP contribution in [-0.4, -0.2) is 24.5 Å². The monoisotopic (exact) mass is 291 g/mol. The molecule has 20 heavy (non-hydrogen) atoms. The summed E-state index contributed by atoms with van der Waals surface area (Å²) in [5, 5.41) is 3.71. The van der Waals surface area contributed by atoms with Gasteiger partial charge in [0.1, 0.15) is 0 Å². The number of hydrogen-bond acceptors (Lipinski definition) is 3. The van der Waals surface area contributed by atoms with Gasteiger partial charge in [-0.25, -0.2) is 0 Å². The third-order valence-corrected chi connectivity index (χ3v) is 4.73. The number of hydrogen-bond donors (Lipinski definition) is 1. The standard InChI is InChI=1S/C17H25NOS/c1-4-11-20-17-8-6-5-7-15(17)18-14-9-10-19-16(12-14)13(2)3/h4-8,13-14,16,18H,1,9-12H2,2-3H3. The molecule has 0 radical (unpaired) electrons. The van der Waals surface area contributed by atoms with Gasteiger partial charge in [-0.05, 0) is 30.9 Å². The summed E-state index contributed by atoms with van der Waals surface area (Å²) in [4.78, 5) is 1.31. The second-order valence-corrected chi connectivity index (χ2v) is 6.68. The van der Waals surface area contributed by atoms with Crippen LogP contribution in [0.4, 0.5) is 5.69 Å². The van der Waals surface area contributed by atoms with Gasteiger partial charge in [0.15, 0.2) is 0 Å². The molecule has 1 aromatic carbocycles. The molecule has 0 amide bonds. The SMILES string of the molecule is C=CCSc1ccccc1NC1CCOC(C(C)C)C1. The Morgan fingerprint density at radius 1 is 1.45 bits per heavy atom. The molecular formula is C17H25NOS. The zero-order valence-electron chi connectivity index (χ0n) is 12.5. The topological polar surface area (TPSA) is 21.3 Å². The van der Waals surface area contributed by atoms with Crippen LogP contribution in [0.5, 0.6) is 0 Å². The first-order valence-electron chi connectivity index (χ1n) is 7.41. The summed E-state index contributed by atoms with van der Waals surface area (Å²) in [5.41, 5.74) is 1.24. The van der Waals surface area contributed by atoms with E-state index in [2.05, 4.69) is 50.0 Å². The highest BCUT2D eigenvalue weighted by Crippen LogP contribution is 2.30. The molecule has 2 nitrogen and oxygen atoms in total. The van der Waals surface area contributed by atoms with E-state index in [1.165, 1.54) is 10.6 Å². The van der Waals surface area contributed by atoms with Crippen LogP contribution in [0.25, 0.3) is 0 Å². The number of para-hydroxylation sites is 1. The van der Waals surface area contributed by atoms with Gasteiger partial charge in [0.2, 0.25) is 0 Å². The molecular weight excluding hydrogens is 266 g/mol. The summed E-state index contributed by atoms with van der Waals surface area (Å²) in [5.74, 6) is 1.53. The second-order valence-electron chi connectivity index (χ2n) is 5.61. The Labute approximate surface area is 127 Å². The van der Waals surface area contributed by atoms with E-state index in [9.17, 15) is 0 Å². The average molecular weight is 291 g/mol. The normalized spacial score (nSPS) is 22.8. The lowest BCUT2D eigenvalue weighted by Crippen LogP contribution is -2.36. The fourth-order valence-corrected chi connectivity index (χ4v) is 3.26. The molecule has 0 aromatic heterocycles. The van der Waals surface area contributed by atoms with Crippen molar-refractivity contribution in [1.82, 2.24) is 0 Å². The highest BCUT2D eigenvalue weighted by molar-refractivity contribution is 7.99. The van der Waals surface area contributed by atoms with Crippen LogP contribution in [-0.2, 0) is 4.74 Å². The molecule has 0 bridgehead atoms. The summed E-state index contributed by atoms with van der Waals surface area (Å²) in [6, 6.07) is 9.06. The molecule has 3 heteroatoms. The van der Waals surface area contributed by atoms with Crippen LogP contribution in [0.3, 0.4) is 0 Å². The number of anilines is 1. The van der Waals surface area contributed by atoms with Crippen molar-refractivity contribution in [1.29, 1.82) is 0 Å². The van der Waals surface area contributed by atoms with Crippen LogP contribution in [0, 0.1) is 5.92 Å². The molecule has 0 spiro atoms. The maximum absolute atomic E-state index is 5.84. The Hall–Kier alpha value is -0.930. The fraction of sp³-hybridized carbons (Fsp3) is 0.529. The average Bonchev–Trinajstić information content (AvgIpc) is 2.46. The van der Waals surface area contributed by atoms with Crippen molar-refractivity contribution in [3.8, 4) is 0 Å². The summed E-state index contributed by atoms with van der Waals surface area (Å²) < 4.78 is 5.84. The first-order valence-corrected chi connectivity index (χ1v) is 8.40. The van der Waals surface area contributed by atoms with Gasteiger partial charge in [-0.15, -0.1) is 18.3 Å². The highest BCUT2D eigenvalue weighted by atomic mass is 32.2. The van der Waals surface area contributed by atoms with Crippen LogP contribution in [0.1, 0.15) is 26.7 Å². The fourth-order valence-electron chi connectivity index (χ4n) is 2.50. The minimum absolute atomic E-state index is 0.384. The smallest absolute Gasteiger partial charge is 0.0617 e. The largest absolute Gasteiger partial charge is 0.381 e. The van der Waals surface area contributed by atoms with Crippen molar-refractivity contribution >= 4 is 17.4 Å². The van der Waals surface area contributed by atoms with Crippen LogP contribution < -0.4 is 5.32 Å². The van der Waals surface area contributed by atoms with Crippen molar-refractivity contribution in [3.05, 3.63) is 36.9 Å². The van der Waals surface area contributed by atoms with Gasteiger partial charge in [0.25, 0.3) is 0 Å². The lowest BCUT2D eigenvalue weighted by Gasteiger charge is -2.33. The number of nitrogens with one attached hydrogen (secondary N) is 1. The zero-order valence-corrected chi connectivity index (χ0v) is 13.3. The van der Waals surface area contributed by atoms with Crippen molar-refractivity contribution < 1.29 is 4.74 Å². The first-order chi connectivity index (χ1) is 9.70. The third kappa shape index (κ3) is 4.29. The van der Waals surface area contributed by atoms with Crippen molar-refractivity contribution in [3.63, 3.8) is 0 Å². The Bertz CT molecular complexity index is 433. The molecule has 1 fully saturated rings. The molecule has 2 unspecified atom stereocenters. The number of benzene rings is 1. The molecule has 2 atom stereocenters. The van der Waals surface area contributed by atoms with E-state index in [-0.39, 0.29) is 0 Å². The Morgan fingerprint density at radius 3 is 3.00 bits per heavy atom. The second kappa shape index (κ2) is 7.75. The van der Waals surface area contributed by atoms with E-state index in [0.717, 1.165) is 25.2 Å². The quantitative estimate of drug-likeness (QED) is 0.612. The third-order valence-electron chi connectivity index (χ3n) is 3.66. The molecule has 1 aliphatic heterocycles. The zero-order chi connectivity index (χ0) is 14.4. The molecule has 0 saturated carbocycles. The molecule has 1 N–H and O–H groups in total. The van der Waals surface area contributed by atoms with Crippen LogP contribution >= 0.6 is 11.8 Å². The number of rotatable bonds is 6. The minimum Gasteiger partial charge on any atom is -0.381 e. The van der Waals surface area contributed by atoms with Gasteiger partial charge < -0.3 is 10.1 Å². The van der Waals surface area contributed by atoms with Gasteiger partial charge in [0.05, 0.1) is 6.10 Å². The van der Waals surface area contributed by atoms with Crippen molar-refractivity contribution in [2.75, 3.05) is 17.7 Å².